The molecule has 0 aliphatic heterocycles. The molecule has 0 spiro atoms. The van der Waals surface area contributed by atoms with Gasteiger partial charge < -0.3 is 23.1 Å². The van der Waals surface area contributed by atoms with E-state index in [1.165, 1.54) is 11.1 Å². The zero-order valence-electron chi connectivity index (χ0n) is 50.0. The Balaban J connectivity index is 1.11. The lowest BCUT2D eigenvalue weighted by Crippen LogP contribution is -2.29. The first-order valence-corrected chi connectivity index (χ1v) is 30.6. The van der Waals surface area contributed by atoms with Crippen LogP contribution in [-0.4, -0.2) is 0 Å². The van der Waals surface area contributed by atoms with Gasteiger partial charge in [0.1, 0.15) is 27.9 Å². The maximum absolute atomic E-state index is 7.70. The summed E-state index contributed by atoms with van der Waals surface area (Å²) < 4.78 is 22.4. The SMILES string of the molecule is CC(C)(C)c1ccc(C2(c3ccc4c(c3)oc3ccc(C(C)(C)C)cc34)c3cc(N(c4ccccc4)c4cccc5ccccc45)c4c(oc5ccccc54)c3-c3c2cc(N(c2ccccc2)c2cccc4ccccc24)c2oc4ccccc4c32)cc1. The highest BCUT2D eigenvalue weighted by Gasteiger charge is 2.51. The Labute approximate surface area is 510 Å². The average molecular weight is 1140 g/mol. The van der Waals surface area contributed by atoms with Gasteiger partial charge in [-0.25, -0.2) is 0 Å². The van der Waals surface area contributed by atoms with Crippen molar-refractivity contribution in [1.29, 1.82) is 0 Å². The zero-order chi connectivity index (χ0) is 59.2. The molecule has 0 N–H and O–H groups in total. The second kappa shape index (κ2) is 19.2. The maximum atomic E-state index is 7.70. The summed E-state index contributed by atoms with van der Waals surface area (Å²) in [6.45, 7) is 13.7. The minimum absolute atomic E-state index is 0.0579. The van der Waals surface area contributed by atoms with Gasteiger partial charge in [-0.05, 0) is 134 Å². The monoisotopic (exact) mass is 1130 g/mol. The highest BCUT2D eigenvalue weighted by atomic mass is 16.3. The lowest BCUT2D eigenvalue weighted by atomic mass is 9.66. The first kappa shape index (κ1) is 51.8. The summed E-state index contributed by atoms with van der Waals surface area (Å²) in [7, 11) is 0. The first-order chi connectivity index (χ1) is 42.9. The van der Waals surface area contributed by atoms with Crippen molar-refractivity contribution >= 4 is 121 Å². The van der Waals surface area contributed by atoms with Gasteiger partial charge in [-0.3, -0.25) is 0 Å². The van der Waals surface area contributed by atoms with E-state index in [9.17, 15) is 0 Å². The van der Waals surface area contributed by atoms with Gasteiger partial charge in [0, 0.05) is 60.2 Å². The summed E-state index contributed by atoms with van der Waals surface area (Å²) in [6.07, 6.45) is 0. The van der Waals surface area contributed by atoms with Crippen LogP contribution in [0.15, 0.2) is 280 Å². The molecule has 1 atom stereocenters. The van der Waals surface area contributed by atoms with Crippen molar-refractivity contribution in [1.82, 2.24) is 0 Å². The minimum atomic E-state index is -1.06. The van der Waals surface area contributed by atoms with E-state index in [0.29, 0.717) is 0 Å². The fraction of sp³-hybridized carbons (Fsp3) is 0.108. The second-order valence-corrected chi connectivity index (χ2v) is 25.9. The summed E-state index contributed by atoms with van der Waals surface area (Å²) in [5, 5.41) is 10.8. The molecule has 88 heavy (non-hydrogen) atoms. The van der Waals surface area contributed by atoms with E-state index >= 15 is 0 Å². The molecule has 17 rings (SSSR count). The van der Waals surface area contributed by atoms with Crippen LogP contribution in [0.4, 0.5) is 34.1 Å². The number of rotatable bonds is 8. The maximum Gasteiger partial charge on any atom is 0.160 e. The summed E-state index contributed by atoms with van der Waals surface area (Å²) in [6, 6.07) is 97.8. The molecule has 1 aliphatic rings. The standard InChI is InChI=1S/C83H62N2O3/c1-81(2,3)53-39-41-54(42-40-53)83(56-43-45-61-64-47-55(82(4,5)6)44-46-73(64)86-74(61)48-56)65-50-70(85(58-29-11-8-12-30-58)68-36-22-26-52-24-14-16-32-60(52)68)79-76(63-34-18-20-38-72(63)87-79)77(65)78-66(83)49-69(75-62-33-17-19-37-71(62)88-80(75)78)84(57-27-9-7-10-28-57)67-35-21-25-51-23-13-15-31-59(51)67/h7-50H,1-6H3. The molecule has 0 radical (unpaired) electrons. The van der Waals surface area contributed by atoms with Crippen molar-refractivity contribution < 1.29 is 13.3 Å². The Kier molecular flexibility index (Phi) is 11.3. The highest BCUT2D eigenvalue weighted by molar-refractivity contribution is 6.26. The Bertz CT molecular complexity index is 5470. The van der Waals surface area contributed by atoms with Crippen LogP contribution in [0.25, 0.3) is 98.5 Å². The van der Waals surface area contributed by atoms with Crippen molar-refractivity contribution in [2.24, 2.45) is 0 Å². The Morgan fingerprint density at radius 3 is 1.39 bits per heavy atom. The summed E-state index contributed by atoms with van der Waals surface area (Å²) >= 11 is 0. The van der Waals surface area contributed by atoms with E-state index in [4.69, 9.17) is 13.3 Å². The smallest absolute Gasteiger partial charge is 0.160 e. The molecule has 16 aromatic rings. The van der Waals surface area contributed by atoms with Gasteiger partial charge in [-0.2, -0.15) is 0 Å². The van der Waals surface area contributed by atoms with E-state index < -0.39 is 5.41 Å². The average Bonchev–Trinajstić information content (AvgIpc) is 1.54. The normalized spacial score (nSPS) is 14.3. The largest absolute Gasteiger partial charge is 0.456 e. The van der Waals surface area contributed by atoms with Crippen LogP contribution in [-0.2, 0) is 16.2 Å². The van der Waals surface area contributed by atoms with Crippen LogP contribution in [0, 0.1) is 0 Å². The van der Waals surface area contributed by atoms with Gasteiger partial charge in [0.15, 0.2) is 5.58 Å². The van der Waals surface area contributed by atoms with Crippen LogP contribution in [0.3, 0.4) is 0 Å². The topological polar surface area (TPSA) is 45.9 Å². The lowest BCUT2D eigenvalue weighted by molar-refractivity contribution is 0.589. The van der Waals surface area contributed by atoms with E-state index in [-0.39, 0.29) is 10.8 Å². The number of hydrogen-bond donors (Lipinski definition) is 0. The summed E-state index contributed by atoms with van der Waals surface area (Å²) in [5.74, 6) is 0. The van der Waals surface area contributed by atoms with Gasteiger partial charge in [0.05, 0.1) is 33.6 Å². The molecular weight excluding hydrogens is 1070 g/mol. The Morgan fingerprint density at radius 2 is 0.773 bits per heavy atom. The number of nitrogens with zero attached hydrogens (tertiary/aromatic N) is 2. The van der Waals surface area contributed by atoms with Crippen LogP contribution in [0.1, 0.15) is 74.9 Å². The van der Waals surface area contributed by atoms with Gasteiger partial charge in [-0.15, -0.1) is 0 Å². The number of fused-ring (bicyclic) bond motifs is 16. The van der Waals surface area contributed by atoms with Gasteiger partial charge in [-0.1, -0.05) is 230 Å². The van der Waals surface area contributed by atoms with Crippen LogP contribution in [0.5, 0.6) is 0 Å². The van der Waals surface area contributed by atoms with E-state index in [1.807, 2.05) is 0 Å². The molecule has 3 aromatic heterocycles. The quantitative estimate of drug-likeness (QED) is 0.152. The third kappa shape index (κ3) is 7.66. The molecule has 422 valence electrons. The summed E-state index contributed by atoms with van der Waals surface area (Å²) in [5.41, 5.74) is 18.6. The molecule has 5 heteroatoms. The van der Waals surface area contributed by atoms with Crippen molar-refractivity contribution in [3.8, 4) is 11.1 Å². The van der Waals surface area contributed by atoms with Crippen molar-refractivity contribution in [3.63, 3.8) is 0 Å². The molecule has 13 aromatic carbocycles. The number of benzene rings is 13. The zero-order valence-corrected chi connectivity index (χ0v) is 50.0. The lowest BCUT2D eigenvalue weighted by Gasteiger charge is -2.36. The fourth-order valence-electron chi connectivity index (χ4n) is 14.6. The van der Waals surface area contributed by atoms with Crippen molar-refractivity contribution in [2.45, 2.75) is 57.8 Å². The molecule has 3 heterocycles. The molecule has 1 unspecified atom stereocenters. The number of anilines is 6. The van der Waals surface area contributed by atoms with Crippen molar-refractivity contribution in [3.05, 3.63) is 300 Å². The molecular formula is C83H62N2O3. The molecule has 0 fully saturated rings. The fourth-order valence-corrected chi connectivity index (χ4v) is 14.6. The third-order valence-electron chi connectivity index (χ3n) is 18.8. The number of para-hydroxylation sites is 4. The van der Waals surface area contributed by atoms with Crippen LogP contribution >= 0.6 is 0 Å². The first-order valence-electron chi connectivity index (χ1n) is 30.6. The molecule has 5 nitrogen and oxygen atoms in total. The summed E-state index contributed by atoms with van der Waals surface area (Å²) in [4.78, 5) is 4.91. The molecule has 0 saturated heterocycles. The Hall–Kier alpha value is -10.6. The van der Waals surface area contributed by atoms with E-state index in [2.05, 4.69) is 318 Å². The predicted octanol–water partition coefficient (Wildman–Crippen LogP) is 23.6. The number of furan rings is 3. The number of hydrogen-bond acceptors (Lipinski definition) is 5. The molecule has 0 saturated carbocycles. The molecule has 0 bridgehead atoms. The van der Waals surface area contributed by atoms with Gasteiger partial charge >= 0.3 is 0 Å². The van der Waals surface area contributed by atoms with Gasteiger partial charge in [0.2, 0.25) is 0 Å². The van der Waals surface area contributed by atoms with Crippen molar-refractivity contribution in [2.75, 3.05) is 9.80 Å². The second-order valence-electron chi connectivity index (χ2n) is 25.9. The Morgan fingerprint density at radius 1 is 0.295 bits per heavy atom. The highest BCUT2D eigenvalue weighted by Crippen LogP contribution is 2.65. The molecule has 1 aliphatic carbocycles. The van der Waals surface area contributed by atoms with E-state index in [1.54, 1.807) is 0 Å². The van der Waals surface area contributed by atoms with Crippen LogP contribution < -0.4 is 9.80 Å². The van der Waals surface area contributed by atoms with E-state index in [0.717, 1.165) is 155 Å². The molecule has 0 amide bonds. The van der Waals surface area contributed by atoms with Gasteiger partial charge in [0.25, 0.3) is 0 Å². The minimum Gasteiger partial charge on any atom is -0.456 e. The predicted molar refractivity (Wildman–Crippen MR) is 367 cm³/mol. The van der Waals surface area contributed by atoms with Crippen LogP contribution in [0.2, 0.25) is 0 Å². The third-order valence-corrected chi connectivity index (χ3v) is 18.8.